The van der Waals surface area contributed by atoms with Crippen LogP contribution in [0.2, 0.25) is 5.02 Å². The maximum atomic E-state index is 14.1. The number of ether oxygens (including phenoxy) is 2. The normalized spacial score (nSPS) is 10.3. The molecule has 0 saturated carbocycles. The monoisotopic (exact) mass is 309 g/mol. The SMILES string of the molecule is COc1cc(F)c(C(=O)c2cc(N)cc(Cl)c2)cc1OC. The molecule has 2 aromatic carbocycles. The number of hydrogen-bond acceptors (Lipinski definition) is 4. The smallest absolute Gasteiger partial charge is 0.196 e. The van der Waals surface area contributed by atoms with Crippen LogP contribution in [0.5, 0.6) is 11.5 Å². The second-order valence-corrected chi connectivity index (χ2v) is 4.73. The Morgan fingerprint density at radius 2 is 1.71 bits per heavy atom. The standard InChI is InChI=1S/C15H13ClFNO3/c1-20-13-6-11(12(17)7-14(13)21-2)15(19)8-3-9(16)5-10(18)4-8/h3-7H,18H2,1-2H3. The Balaban J connectivity index is 2.52. The van der Waals surface area contributed by atoms with Crippen molar-refractivity contribution >= 4 is 23.1 Å². The van der Waals surface area contributed by atoms with E-state index >= 15 is 0 Å². The molecule has 0 atom stereocenters. The molecule has 0 aliphatic rings. The van der Waals surface area contributed by atoms with E-state index in [1.807, 2.05) is 0 Å². The van der Waals surface area contributed by atoms with Gasteiger partial charge < -0.3 is 15.2 Å². The fourth-order valence-electron chi connectivity index (χ4n) is 1.93. The first kappa shape index (κ1) is 15.1. The summed E-state index contributed by atoms with van der Waals surface area (Å²) in [4.78, 5) is 12.4. The van der Waals surface area contributed by atoms with Crippen LogP contribution >= 0.6 is 11.6 Å². The molecular formula is C15H13ClFNO3. The fraction of sp³-hybridized carbons (Fsp3) is 0.133. The molecule has 2 N–H and O–H groups in total. The van der Waals surface area contributed by atoms with Gasteiger partial charge in [-0.05, 0) is 24.3 Å². The molecule has 0 radical (unpaired) electrons. The highest BCUT2D eigenvalue weighted by atomic mass is 35.5. The molecule has 0 fully saturated rings. The van der Waals surface area contributed by atoms with Gasteiger partial charge >= 0.3 is 0 Å². The van der Waals surface area contributed by atoms with Gasteiger partial charge in [-0.25, -0.2) is 4.39 Å². The molecule has 0 bridgehead atoms. The Hall–Kier alpha value is -2.27. The van der Waals surface area contributed by atoms with Gasteiger partial charge in [-0.15, -0.1) is 0 Å². The number of halogens is 2. The molecule has 0 unspecified atom stereocenters. The van der Waals surface area contributed by atoms with Crippen molar-refractivity contribution in [3.63, 3.8) is 0 Å². The first-order chi connectivity index (χ1) is 9.96. The number of rotatable bonds is 4. The van der Waals surface area contributed by atoms with Gasteiger partial charge in [-0.3, -0.25) is 4.79 Å². The molecular weight excluding hydrogens is 297 g/mol. The van der Waals surface area contributed by atoms with E-state index in [0.717, 1.165) is 6.07 Å². The van der Waals surface area contributed by atoms with E-state index in [0.29, 0.717) is 10.7 Å². The quantitative estimate of drug-likeness (QED) is 0.695. The molecule has 0 aromatic heterocycles. The number of carbonyl (C=O) groups is 1. The fourth-order valence-corrected chi connectivity index (χ4v) is 2.17. The van der Waals surface area contributed by atoms with Gasteiger partial charge in [0, 0.05) is 22.3 Å². The lowest BCUT2D eigenvalue weighted by Crippen LogP contribution is -2.06. The van der Waals surface area contributed by atoms with Crippen LogP contribution in [-0.4, -0.2) is 20.0 Å². The van der Waals surface area contributed by atoms with Crippen molar-refractivity contribution < 1.29 is 18.7 Å². The zero-order valence-corrected chi connectivity index (χ0v) is 12.2. The van der Waals surface area contributed by atoms with Gasteiger partial charge in [-0.2, -0.15) is 0 Å². The molecule has 21 heavy (non-hydrogen) atoms. The summed E-state index contributed by atoms with van der Waals surface area (Å²) in [5.74, 6) is -0.784. The predicted molar refractivity (Wildman–Crippen MR) is 78.8 cm³/mol. The molecule has 2 aromatic rings. The Morgan fingerprint density at radius 1 is 1.10 bits per heavy atom. The van der Waals surface area contributed by atoms with Crippen molar-refractivity contribution in [2.75, 3.05) is 20.0 Å². The lowest BCUT2D eigenvalue weighted by molar-refractivity contribution is 0.103. The summed E-state index contributed by atoms with van der Waals surface area (Å²) in [5.41, 5.74) is 6.02. The Labute approximate surface area is 126 Å². The van der Waals surface area contributed by atoms with E-state index in [-0.39, 0.29) is 22.6 Å². The van der Waals surface area contributed by atoms with E-state index < -0.39 is 11.6 Å². The highest BCUT2D eigenvalue weighted by Crippen LogP contribution is 2.31. The van der Waals surface area contributed by atoms with Crippen LogP contribution < -0.4 is 15.2 Å². The van der Waals surface area contributed by atoms with Crippen molar-refractivity contribution in [1.29, 1.82) is 0 Å². The van der Waals surface area contributed by atoms with Gasteiger partial charge in [0.05, 0.1) is 19.8 Å². The molecule has 0 spiro atoms. The third-order valence-electron chi connectivity index (χ3n) is 2.90. The first-order valence-corrected chi connectivity index (χ1v) is 6.36. The van der Waals surface area contributed by atoms with Crippen molar-refractivity contribution in [3.05, 3.63) is 52.3 Å². The minimum absolute atomic E-state index is 0.144. The number of carbonyl (C=O) groups excluding carboxylic acids is 1. The summed E-state index contributed by atoms with van der Waals surface area (Å²) >= 11 is 5.86. The number of nitrogen functional groups attached to an aromatic ring is 1. The van der Waals surface area contributed by atoms with E-state index in [1.165, 1.54) is 38.5 Å². The van der Waals surface area contributed by atoms with Crippen LogP contribution in [0.3, 0.4) is 0 Å². The number of anilines is 1. The topological polar surface area (TPSA) is 61.5 Å². The second-order valence-electron chi connectivity index (χ2n) is 4.29. The zero-order valence-electron chi connectivity index (χ0n) is 11.4. The molecule has 110 valence electrons. The van der Waals surface area contributed by atoms with Crippen LogP contribution in [0.15, 0.2) is 30.3 Å². The number of benzene rings is 2. The van der Waals surface area contributed by atoms with Crippen LogP contribution in [0.25, 0.3) is 0 Å². The van der Waals surface area contributed by atoms with Crippen LogP contribution in [0.1, 0.15) is 15.9 Å². The van der Waals surface area contributed by atoms with E-state index in [9.17, 15) is 9.18 Å². The molecule has 0 aliphatic carbocycles. The van der Waals surface area contributed by atoms with Gasteiger partial charge in [-0.1, -0.05) is 11.6 Å². The van der Waals surface area contributed by atoms with Crippen LogP contribution in [0.4, 0.5) is 10.1 Å². The third kappa shape index (κ3) is 3.08. The largest absolute Gasteiger partial charge is 0.493 e. The van der Waals surface area contributed by atoms with Crippen molar-refractivity contribution in [3.8, 4) is 11.5 Å². The van der Waals surface area contributed by atoms with E-state index in [4.69, 9.17) is 26.8 Å². The maximum absolute atomic E-state index is 14.1. The molecule has 0 aliphatic heterocycles. The minimum atomic E-state index is -0.712. The molecule has 0 saturated heterocycles. The number of methoxy groups -OCH3 is 2. The summed E-state index contributed by atoms with van der Waals surface area (Å²) in [6, 6.07) is 6.75. The van der Waals surface area contributed by atoms with Gasteiger partial charge in [0.15, 0.2) is 17.3 Å². The second kappa shape index (κ2) is 6.01. The van der Waals surface area contributed by atoms with Crippen LogP contribution in [-0.2, 0) is 0 Å². The van der Waals surface area contributed by atoms with Crippen LogP contribution in [0, 0.1) is 5.82 Å². The van der Waals surface area contributed by atoms with Gasteiger partial charge in [0.25, 0.3) is 0 Å². The highest BCUT2D eigenvalue weighted by molar-refractivity contribution is 6.31. The van der Waals surface area contributed by atoms with Gasteiger partial charge in [0.1, 0.15) is 5.82 Å². The van der Waals surface area contributed by atoms with Gasteiger partial charge in [0.2, 0.25) is 0 Å². The van der Waals surface area contributed by atoms with Crippen molar-refractivity contribution in [2.45, 2.75) is 0 Å². The van der Waals surface area contributed by atoms with Crippen molar-refractivity contribution in [1.82, 2.24) is 0 Å². The highest BCUT2D eigenvalue weighted by Gasteiger charge is 2.19. The van der Waals surface area contributed by atoms with E-state index in [1.54, 1.807) is 0 Å². The number of nitrogens with two attached hydrogens (primary N) is 1. The Morgan fingerprint density at radius 3 is 2.29 bits per heavy atom. The molecule has 6 heteroatoms. The summed E-state index contributed by atoms with van der Waals surface area (Å²) in [6.45, 7) is 0. The average Bonchev–Trinajstić information content (AvgIpc) is 2.45. The summed E-state index contributed by atoms with van der Waals surface area (Å²) in [7, 11) is 2.79. The number of ketones is 1. The van der Waals surface area contributed by atoms with E-state index in [2.05, 4.69) is 0 Å². The first-order valence-electron chi connectivity index (χ1n) is 5.98. The minimum Gasteiger partial charge on any atom is -0.493 e. The lowest BCUT2D eigenvalue weighted by Gasteiger charge is -2.11. The molecule has 4 nitrogen and oxygen atoms in total. The lowest BCUT2D eigenvalue weighted by atomic mass is 10.0. The average molecular weight is 310 g/mol. The maximum Gasteiger partial charge on any atom is 0.196 e. The molecule has 0 heterocycles. The summed E-state index contributed by atoms with van der Waals surface area (Å²) in [5, 5.41) is 0.305. The predicted octanol–water partition coefficient (Wildman–Crippen LogP) is 3.31. The molecule has 2 rings (SSSR count). The zero-order chi connectivity index (χ0) is 15.6. The molecule has 0 amide bonds. The third-order valence-corrected chi connectivity index (χ3v) is 3.12. The summed E-state index contributed by atoms with van der Waals surface area (Å²) in [6.07, 6.45) is 0. The summed E-state index contributed by atoms with van der Waals surface area (Å²) < 4.78 is 24.1. The number of hydrogen-bond donors (Lipinski definition) is 1. The Bertz CT molecular complexity index is 683. The Kier molecular flexibility index (Phi) is 4.33. The van der Waals surface area contributed by atoms with Crippen molar-refractivity contribution in [2.24, 2.45) is 0 Å².